The molecule has 2 aromatic rings. The number of benzene rings is 1. The lowest BCUT2D eigenvalue weighted by Gasteiger charge is -2.22. The van der Waals surface area contributed by atoms with Crippen molar-refractivity contribution in [2.45, 2.75) is 31.5 Å². The van der Waals surface area contributed by atoms with E-state index in [4.69, 9.17) is 15.2 Å². The van der Waals surface area contributed by atoms with Crippen molar-refractivity contribution in [3.8, 4) is 6.07 Å². The van der Waals surface area contributed by atoms with Gasteiger partial charge in [-0.2, -0.15) is 18.4 Å². The summed E-state index contributed by atoms with van der Waals surface area (Å²) in [7, 11) is 0. The number of H-pyrrole nitrogens is 1. The minimum absolute atomic E-state index is 0.0884. The highest BCUT2D eigenvalue weighted by Crippen LogP contribution is 2.21. The molecule has 1 aliphatic heterocycles. The number of aromatic amines is 1. The maximum atomic E-state index is 12.3. The molecular weight excluding hydrogens is 367 g/mol. The van der Waals surface area contributed by atoms with E-state index in [0.717, 1.165) is 30.4 Å². The number of alkyl halides is 3. The number of carboxylic acid groups (broad SMARTS) is 1. The lowest BCUT2D eigenvalue weighted by Crippen LogP contribution is -2.48. The summed E-state index contributed by atoms with van der Waals surface area (Å²) in [5.74, 6) is -2.43. The first-order valence-electron chi connectivity index (χ1n) is 7.81. The third-order valence-electron chi connectivity index (χ3n) is 3.96. The van der Waals surface area contributed by atoms with E-state index in [2.05, 4.69) is 26.7 Å². The number of rotatable bonds is 2. The van der Waals surface area contributed by atoms with Gasteiger partial charge in [-0.1, -0.05) is 0 Å². The Morgan fingerprint density at radius 3 is 2.59 bits per heavy atom. The summed E-state index contributed by atoms with van der Waals surface area (Å²) in [5.41, 5.74) is 1.49. The van der Waals surface area contributed by atoms with Crippen LogP contribution in [0.3, 0.4) is 0 Å². The first-order valence-corrected chi connectivity index (χ1v) is 7.81. The first-order chi connectivity index (χ1) is 12.5. The van der Waals surface area contributed by atoms with Crippen molar-refractivity contribution >= 4 is 28.9 Å². The van der Waals surface area contributed by atoms with Gasteiger partial charge < -0.3 is 15.4 Å². The average Bonchev–Trinajstić information content (AvgIpc) is 3.20. The van der Waals surface area contributed by atoms with Crippen molar-refractivity contribution < 1.29 is 27.9 Å². The number of anilines is 1. The van der Waals surface area contributed by atoms with Crippen molar-refractivity contribution in [2.75, 3.05) is 11.9 Å². The summed E-state index contributed by atoms with van der Waals surface area (Å²) in [6.45, 7) is 2.75. The van der Waals surface area contributed by atoms with Gasteiger partial charge >= 0.3 is 12.1 Å². The summed E-state index contributed by atoms with van der Waals surface area (Å²) < 4.78 is 31.7. The van der Waals surface area contributed by atoms with Crippen LogP contribution in [-0.2, 0) is 9.59 Å². The maximum Gasteiger partial charge on any atom is 0.490 e. The molecule has 0 radical (unpaired) electrons. The van der Waals surface area contributed by atoms with Crippen molar-refractivity contribution in [3.05, 3.63) is 23.8 Å². The van der Waals surface area contributed by atoms with Crippen LogP contribution in [0.1, 0.15) is 25.3 Å². The summed E-state index contributed by atoms with van der Waals surface area (Å²) in [4.78, 5) is 28.5. The summed E-state index contributed by atoms with van der Waals surface area (Å²) in [5, 5.41) is 22.0. The topological polar surface area (TPSA) is 131 Å². The van der Waals surface area contributed by atoms with Crippen LogP contribution in [0.25, 0.3) is 11.0 Å². The van der Waals surface area contributed by atoms with Crippen LogP contribution in [0.2, 0.25) is 0 Å². The molecule has 3 rings (SSSR count). The fraction of sp³-hybridized carbons (Fsp3) is 0.375. The molecule has 1 atom stereocenters. The van der Waals surface area contributed by atoms with Crippen LogP contribution in [0.4, 0.5) is 19.1 Å². The fourth-order valence-electron chi connectivity index (χ4n) is 2.47. The molecule has 1 aromatic carbocycles. The third kappa shape index (κ3) is 4.95. The van der Waals surface area contributed by atoms with Gasteiger partial charge in [-0.25, -0.2) is 9.78 Å². The SMILES string of the molecule is CC1(C(=O)Nc2nc3ccc(C#N)cc3[nH]2)CCCN1.O=C(O)C(F)(F)F. The van der Waals surface area contributed by atoms with Gasteiger partial charge in [0.2, 0.25) is 11.9 Å². The zero-order valence-electron chi connectivity index (χ0n) is 14.1. The Morgan fingerprint density at radius 1 is 1.41 bits per heavy atom. The van der Waals surface area contributed by atoms with E-state index in [1.165, 1.54) is 0 Å². The van der Waals surface area contributed by atoms with E-state index in [9.17, 15) is 18.0 Å². The number of nitrogens with zero attached hydrogens (tertiary/aromatic N) is 2. The van der Waals surface area contributed by atoms with Gasteiger partial charge in [0.15, 0.2) is 0 Å². The maximum absolute atomic E-state index is 12.3. The molecule has 1 aliphatic rings. The normalized spacial score (nSPS) is 19.1. The Hall–Kier alpha value is -3.13. The number of aliphatic carboxylic acids is 1. The number of nitriles is 1. The first kappa shape index (κ1) is 20.2. The number of imidazole rings is 1. The minimum atomic E-state index is -5.08. The fourth-order valence-corrected chi connectivity index (χ4v) is 2.47. The molecule has 0 bridgehead atoms. The number of hydrogen-bond acceptors (Lipinski definition) is 5. The van der Waals surface area contributed by atoms with E-state index in [1.54, 1.807) is 18.2 Å². The quantitative estimate of drug-likeness (QED) is 0.628. The average molecular weight is 383 g/mol. The minimum Gasteiger partial charge on any atom is -0.475 e. The van der Waals surface area contributed by atoms with E-state index >= 15 is 0 Å². The van der Waals surface area contributed by atoms with Gasteiger partial charge in [-0.3, -0.25) is 10.1 Å². The standard InChI is InChI=1S/C14H15N5O.C2HF3O2/c1-14(5-2-6-16-14)12(20)19-13-17-10-4-3-9(8-15)7-11(10)18-13;3-2(4,5)1(6)7/h3-4,7,16H,2,5-6H2,1H3,(H2,17,18,19,20);(H,6,7). The number of fused-ring (bicyclic) bond motifs is 1. The Bertz CT molecular complexity index is 895. The van der Waals surface area contributed by atoms with Gasteiger partial charge in [-0.15, -0.1) is 0 Å². The number of halogens is 3. The van der Waals surface area contributed by atoms with E-state index in [-0.39, 0.29) is 5.91 Å². The predicted octanol–water partition coefficient (Wildman–Crippen LogP) is 2.15. The number of nitrogens with one attached hydrogen (secondary N) is 3. The number of hydrogen-bond donors (Lipinski definition) is 4. The highest BCUT2D eigenvalue weighted by Gasteiger charge is 2.38. The smallest absolute Gasteiger partial charge is 0.475 e. The molecule has 0 aliphatic carbocycles. The molecule has 0 saturated carbocycles. The van der Waals surface area contributed by atoms with Gasteiger partial charge in [0.1, 0.15) is 0 Å². The summed E-state index contributed by atoms with van der Waals surface area (Å²) >= 11 is 0. The molecular formula is C16H16F3N5O3. The van der Waals surface area contributed by atoms with E-state index in [1.807, 2.05) is 6.92 Å². The Morgan fingerprint density at radius 2 is 2.07 bits per heavy atom. The Kier molecular flexibility index (Phi) is 5.70. The van der Waals surface area contributed by atoms with Crippen molar-refractivity contribution in [1.29, 1.82) is 5.26 Å². The predicted molar refractivity (Wildman–Crippen MR) is 88.8 cm³/mol. The van der Waals surface area contributed by atoms with E-state index < -0.39 is 17.7 Å². The number of carboxylic acids is 1. The van der Waals surface area contributed by atoms with Crippen LogP contribution in [0.15, 0.2) is 18.2 Å². The molecule has 1 aromatic heterocycles. The second-order valence-electron chi connectivity index (χ2n) is 6.05. The third-order valence-corrected chi connectivity index (χ3v) is 3.96. The molecule has 1 amide bonds. The lowest BCUT2D eigenvalue weighted by atomic mass is 10.00. The molecule has 1 fully saturated rings. The number of aromatic nitrogens is 2. The van der Waals surface area contributed by atoms with Crippen LogP contribution in [0.5, 0.6) is 0 Å². The van der Waals surface area contributed by atoms with Crippen molar-refractivity contribution in [1.82, 2.24) is 15.3 Å². The molecule has 8 nitrogen and oxygen atoms in total. The summed E-state index contributed by atoms with van der Waals surface area (Å²) in [6, 6.07) is 7.25. The van der Waals surface area contributed by atoms with Crippen molar-refractivity contribution in [3.63, 3.8) is 0 Å². The second kappa shape index (κ2) is 7.63. The number of amides is 1. The Balaban J connectivity index is 0.000000321. The van der Waals surface area contributed by atoms with Gasteiger partial charge in [0.05, 0.1) is 28.2 Å². The van der Waals surface area contributed by atoms with Crippen LogP contribution in [-0.4, -0.2) is 45.2 Å². The molecule has 11 heteroatoms. The number of carbonyl (C=O) groups excluding carboxylic acids is 1. The lowest BCUT2D eigenvalue weighted by molar-refractivity contribution is -0.192. The molecule has 0 spiro atoms. The highest BCUT2D eigenvalue weighted by molar-refractivity contribution is 5.97. The zero-order valence-corrected chi connectivity index (χ0v) is 14.1. The van der Waals surface area contributed by atoms with Crippen LogP contribution < -0.4 is 10.6 Å². The van der Waals surface area contributed by atoms with Crippen molar-refractivity contribution in [2.24, 2.45) is 0 Å². The zero-order chi connectivity index (χ0) is 20.2. The monoisotopic (exact) mass is 383 g/mol. The molecule has 2 heterocycles. The molecule has 27 heavy (non-hydrogen) atoms. The second-order valence-corrected chi connectivity index (χ2v) is 6.05. The molecule has 1 unspecified atom stereocenters. The van der Waals surface area contributed by atoms with Crippen LogP contribution >= 0.6 is 0 Å². The molecule has 144 valence electrons. The largest absolute Gasteiger partial charge is 0.490 e. The highest BCUT2D eigenvalue weighted by atomic mass is 19.4. The molecule has 4 N–H and O–H groups in total. The van der Waals surface area contributed by atoms with Gasteiger partial charge in [-0.05, 0) is 44.5 Å². The molecule has 1 saturated heterocycles. The Labute approximate surface area is 151 Å². The van der Waals surface area contributed by atoms with Crippen LogP contribution in [0, 0.1) is 11.3 Å². The number of carbonyl (C=O) groups is 2. The summed E-state index contributed by atoms with van der Waals surface area (Å²) in [6.07, 6.45) is -3.27. The van der Waals surface area contributed by atoms with Gasteiger partial charge in [0, 0.05) is 0 Å². The van der Waals surface area contributed by atoms with Gasteiger partial charge in [0.25, 0.3) is 0 Å². The van der Waals surface area contributed by atoms with E-state index in [0.29, 0.717) is 11.5 Å².